The minimum absolute atomic E-state index is 0.0770. The van der Waals surface area contributed by atoms with E-state index in [1.54, 1.807) is 6.07 Å². The monoisotopic (exact) mass is 426 g/mol. The Kier molecular flexibility index (Phi) is 6.88. The number of carbonyl (C=O) groups excluding carboxylic acids is 3. The Hall–Kier alpha value is -3.02. The molecule has 2 aliphatic rings. The Bertz CT molecular complexity index is 970. The van der Waals surface area contributed by atoms with Gasteiger partial charge in [0.25, 0.3) is 0 Å². The fraction of sp³-hybridized carbons (Fsp3) is 0.400. The first kappa shape index (κ1) is 22.7. The Morgan fingerprint density at radius 1 is 1.26 bits per heavy atom. The standard InChI is InChI=1S/C25H27FO5/c1-16(2)7-6-8-17(3)13-22-25(15-23(28)31-22)14-18(11-12-21(25)27)30-24(29)19-9-4-5-10-20(19)26/h4-5,7,9-13,18,22H,6,8,14-15H2,1-3H3/b17-13+/t18-,22-,25+/m1/s1. The van der Waals surface area contributed by atoms with Gasteiger partial charge in [0.1, 0.15) is 18.0 Å². The maximum absolute atomic E-state index is 13.9. The Morgan fingerprint density at radius 3 is 2.71 bits per heavy atom. The van der Waals surface area contributed by atoms with Crippen molar-refractivity contribution in [3.8, 4) is 0 Å². The number of esters is 2. The van der Waals surface area contributed by atoms with Gasteiger partial charge in [-0.2, -0.15) is 0 Å². The number of allylic oxidation sites excluding steroid dienone is 4. The molecule has 6 heteroatoms. The van der Waals surface area contributed by atoms with E-state index >= 15 is 0 Å². The molecule has 1 aromatic rings. The molecule has 0 N–H and O–H groups in total. The van der Waals surface area contributed by atoms with Gasteiger partial charge in [0.15, 0.2) is 5.78 Å². The van der Waals surface area contributed by atoms with E-state index in [1.165, 1.54) is 35.9 Å². The highest BCUT2D eigenvalue weighted by atomic mass is 19.1. The molecule has 1 heterocycles. The summed E-state index contributed by atoms with van der Waals surface area (Å²) >= 11 is 0. The molecular formula is C25H27FO5. The van der Waals surface area contributed by atoms with Crippen LogP contribution in [-0.2, 0) is 19.1 Å². The molecule has 1 saturated heterocycles. The highest BCUT2D eigenvalue weighted by Crippen LogP contribution is 2.45. The molecule has 1 aliphatic carbocycles. The lowest BCUT2D eigenvalue weighted by Gasteiger charge is -2.34. The Labute approximate surface area is 181 Å². The minimum atomic E-state index is -1.12. The molecule has 3 rings (SSSR count). The van der Waals surface area contributed by atoms with Crippen molar-refractivity contribution in [3.05, 3.63) is 71.1 Å². The van der Waals surface area contributed by atoms with Crippen LogP contribution in [0.1, 0.15) is 56.8 Å². The quantitative estimate of drug-likeness (QED) is 0.479. The number of hydrogen-bond acceptors (Lipinski definition) is 5. The summed E-state index contributed by atoms with van der Waals surface area (Å²) in [4.78, 5) is 37.4. The molecular weight excluding hydrogens is 399 g/mol. The number of carbonyl (C=O) groups is 3. The largest absolute Gasteiger partial charge is 0.457 e. The van der Waals surface area contributed by atoms with Gasteiger partial charge in [-0.15, -0.1) is 0 Å². The zero-order valence-electron chi connectivity index (χ0n) is 18.0. The maximum atomic E-state index is 13.9. The van der Waals surface area contributed by atoms with Crippen molar-refractivity contribution in [1.82, 2.24) is 0 Å². The smallest absolute Gasteiger partial charge is 0.341 e. The summed E-state index contributed by atoms with van der Waals surface area (Å²) < 4.78 is 24.9. The third-order valence-corrected chi connectivity index (χ3v) is 5.66. The summed E-state index contributed by atoms with van der Waals surface area (Å²) in [5, 5.41) is 0. The van der Waals surface area contributed by atoms with Gasteiger partial charge in [-0.1, -0.05) is 29.4 Å². The zero-order valence-corrected chi connectivity index (χ0v) is 18.0. The third kappa shape index (κ3) is 5.19. The van der Waals surface area contributed by atoms with Crippen LogP contribution in [0.4, 0.5) is 4.39 Å². The number of rotatable bonds is 6. The molecule has 0 radical (unpaired) electrons. The van der Waals surface area contributed by atoms with E-state index in [1.807, 2.05) is 26.8 Å². The summed E-state index contributed by atoms with van der Waals surface area (Å²) in [6.07, 6.45) is 6.96. The zero-order chi connectivity index (χ0) is 22.6. The van der Waals surface area contributed by atoms with Gasteiger partial charge < -0.3 is 9.47 Å². The van der Waals surface area contributed by atoms with Crippen LogP contribution in [0.3, 0.4) is 0 Å². The van der Waals surface area contributed by atoms with Crippen molar-refractivity contribution in [3.63, 3.8) is 0 Å². The lowest BCUT2D eigenvalue weighted by Crippen LogP contribution is -2.43. The molecule has 1 spiro atoms. The number of cyclic esters (lactones) is 1. The number of ketones is 1. The van der Waals surface area contributed by atoms with Crippen LogP contribution in [0.15, 0.2) is 59.7 Å². The molecule has 0 amide bonds. The van der Waals surface area contributed by atoms with Gasteiger partial charge in [-0.05, 0) is 64.0 Å². The van der Waals surface area contributed by atoms with Crippen LogP contribution in [0, 0.1) is 11.2 Å². The van der Waals surface area contributed by atoms with Crippen LogP contribution >= 0.6 is 0 Å². The normalized spacial score (nSPS) is 25.5. The fourth-order valence-electron chi connectivity index (χ4n) is 3.99. The first-order chi connectivity index (χ1) is 14.7. The summed E-state index contributed by atoms with van der Waals surface area (Å²) in [6, 6.07) is 5.55. The summed E-state index contributed by atoms with van der Waals surface area (Å²) in [5.74, 6) is -2.17. The van der Waals surface area contributed by atoms with Crippen LogP contribution in [0.2, 0.25) is 0 Å². The van der Waals surface area contributed by atoms with E-state index in [0.717, 1.165) is 18.4 Å². The highest BCUT2D eigenvalue weighted by Gasteiger charge is 2.55. The lowest BCUT2D eigenvalue weighted by atomic mass is 9.69. The van der Waals surface area contributed by atoms with Crippen molar-refractivity contribution in [1.29, 1.82) is 0 Å². The second-order valence-corrected chi connectivity index (χ2v) is 8.43. The first-order valence-electron chi connectivity index (χ1n) is 10.4. The third-order valence-electron chi connectivity index (χ3n) is 5.66. The molecule has 1 aromatic carbocycles. The number of halogens is 1. The van der Waals surface area contributed by atoms with Gasteiger partial charge in [0, 0.05) is 6.42 Å². The summed E-state index contributed by atoms with van der Waals surface area (Å²) in [7, 11) is 0. The van der Waals surface area contributed by atoms with Crippen molar-refractivity contribution in [2.24, 2.45) is 5.41 Å². The number of benzene rings is 1. The average Bonchev–Trinajstić information content (AvgIpc) is 3.00. The van der Waals surface area contributed by atoms with Crippen molar-refractivity contribution < 1.29 is 28.2 Å². The first-order valence-corrected chi connectivity index (χ1v) is 10.4. The van der Waals surface area contributed by atoms with Gasteiger partial charge in [-0.25, -0.2) is 9.18 Å². The van der Waals surface area contributed by atoms with Gasteiger partial charge >= 0.3 is 11.9 Å². The van der Waals surface area contributed by atoms with Crippen LogP contribution in [0.25, 0.3) is 0 Å². The molecule has 31 heavy (non-hydrogen) atoms. The molecule has 0 unspecified atom stereocenters. The molecule has 1 aliphatic heterocycles. The van der Waals surface area contributed by atoms with Gasteiger partial charge in [-0.3, -0.25) is 9.59 Å². The van der Waals surface area contributed by atoms with E-state index < -0.39 is 35.4 Å². The van der Waals surface area contributed by atoms with Crippen molar-refractivity contribution in [2.75, 3.05) is 0 Å². The SMILES string of the molecule is CC(C)=CCC/C(C)=C/[C@H]1OC(=O)C[C@]12C[C@H](OC(=O)c1ccccc1F)C=CC2=O. The fourth-order valence-corrected chi connectivity index (χ4v) is 3.99. The molecule has 0 saturated carbocycles. The van der Waals surface area contributed by atoms with E-state index in [0.29, 0.717) is 0 Å². The predicted molar refractivity (Wildman–Crippen MR) is 114 cm³/mol. The summed E-state index contributed by atoms with van der Waals surface area (Å²) in [6.45, 7) is 6.00. The topological polar surface area (TPSA) is 69.7 Å². The second-order valence-electron chi connectivity index (χ2n) is 8.43. The molecule has 3 atom stereocenters. The lowest BCUT2D eigenvalue weighted by molar-refractivity contribution is -0.140. The van der Waals surface area contributed by atoms with Crippen LogP contribution in [-0.4, -0.2) is 29.9 Å². The highest BCUT2D eigenvalue weighted by molar-refractivity contribution is 6.00. The molecule has 1 fully saturated rings. The molecule has 164 valence electrons. The van der Waals surface area contributed by atoms with Crippen molar-refractivity contribution >= 4 is 17.7 Å². The minimum Gasteiger partial charge on any atom is -0.457 e. The van der Waals surface area contributed by atoms with E-state index in [9.17, 15) is 18.8 Å². The van der Waals surface area contributed by atoms with Gasteiger partial charge in [0.05, 0.1) is 17.4 Å². The molecule has 5 nitrogen and oxygen atoms in total. The Balaban J connectivity index is 1.78. The number of hydrogen-bond donors (Lipinski definition) is 0. The maximum Gasteiger partial charge on any atom is 0.341 e. The predicted octanol–water partition coefficient (Wildman–Crippen LogP) is 4.87. The van der Waals surface area contributed by atoms with Crippen molar-refractivity contribution in [2.45, 2.75) is 58.7 Å². The van der Waals surface area contributed by atoms with E-state index in [2.05, 4.69) is 6.08 Å². The second kappa shape index (κ2) is 9.41. The molecule has 0 aromatic heterocycles. The van der Waals surface area contributed by atoms with Crippen LogP contribution in [0.5, 0.6) is 0 Å². The van der Waals surface area contributed by atoms with E-state index in [-0.39, 0.29) is 24.2 Å². The Morgan fingerprint density at radius 2 is 2.00 bits per heavy atom. The van der Waals surface area contributed by atoms with E-state index in [4.69, 9.17) is 9.47 Å². The number of ether oxygens (including phenoxy) is 2. The van der Waals surface area contributed by atoms with Crippen LogP contribution < -0.4 is 0 Å². The summed E-state index contributed by atoms with van der Waals surface area (Å²) in [5.41, 5.74) is 0.943. The molecule has 0 bridgehead atoms. The average molecular weight is 426 g/mol. The van der Waals surface area contributed by atoms with Gasteiger partial charge in [0.2, 0.25) is 0 Å².